The van der Waals surface area contributed by atoms with Gasteiger partial charge in [-0.25, -0.2) is 19.1 Å². The van der Waals surface area contributed by atoms with E-state index in [1.54, 1.807) is 38.1 Å². The summed E-state index contributed by atoms with van der Waals surface area (Å²) in [6, 6.07) is 6.14. The molecule has 31 heavy (non-hydrogen) atoms. The molecule has 1 fully saturated rings. The van der Waals surface area contributed by atoms with Crippen LogP contribution in [0.3, 0.4) is 0 Å². The van der Waals surface area contributed by atoms with Crippen LogP contribution in [0.15, 0.2) is 40.2 Å². The minimum Gasteiger partial charge on any atom is -0.495 e. The predicted octanol–water partition coefficient (Wildman–Crippen LogP) is 2.60. The van der Waals surface area contributed by atoms with E-state index >= 15 is 0 Å². The second kappa shape index (κ2) is 8.41. The highest BCUT2D eigenvalue weighted by atomic mass is 16.5. The zero-order valence-corrected chi connectivity index (χ0v) is 17.9. The molecular weight excluding hydrogens is 400 g/mol. The highest BCUT2D eigenvalue weighted by Crippen LogP contribution is 2.29. The fourth-order valence-corrected chi connectivity index (χ4v) is 4.31. The van der Waals surface area contributed by atoms with E-state index in [2.05, 4.69) is 4.98 Å². The number of rotatable bonds is 6. The van der Waals surface area contributed by atoms with Gasteiger partial charge in [-0.15, -0.1) is 0 Å². The third kappa shape index (κ3) is 3.43. The van der Waals surface area contributed by atoms with Crippen LogP contribution in [0.5, 0.6) is 5.75 Å². The van der Waals surface area contributed by atoms with Crippen LogP contribution in [-0.4, -0.2) is 38.4 Å². The molecule has 2 heterocycles. The average Bonchev–Trinajstić information content (AvgIpc) is 3.44. The molecule has 1 atom stereocenters. The Labute approximate surface area is 178 Å². The van der Waals surface area contributed by atoms with E-state index in [1.807, 2.05) is 0 Å². The standard InChI is InChI=1S/C22H26N4O5/c1-4-31-21(28)14(2)24-13-23-19-18(24)20(27)25(15-9-5-6-10-15)22(29)26(19)16-11-7-8-12-17(16)30-3/h7-8,11-15H,4-6,9-10H2,1-3H3. The zero-order chi connectivity index (χ0) is 22.1. The maximum atomic E-state index is 13.6. The van der Waals surface area contributed by atoms with Crippen molar-refractivity contribution in [3.8, 4) is 11.4 Å². The summed E-state index contributed by atoms with van der Waals surface area (Å²) in [7, 11) is 1.52. The van der Waals surface area contributed by atoms with Gasteiger partial charge in [-0.1, -0.05) is 25.0 Å². The summed E-state index contributed by atoms with van der Waals surface area (Å²) in [5.41, 5.74) is -0.0294. The third-order valence-corrected chi connectivity index (χ3v) is 5.87. The molecule has 0 bridgehead atoms. The quantitative estimate of drug-likeness (QED) is 0.562. The fourth-order valence-electron chi connectivity index (χ4n) is 4.31. The van der Waals surface area contributed by atoms with Gasteiger partial charge in [-0.3, -0.25) is 9.36 Å². The maximum Gasteiger partial charge on any atom is 0.337 e. The summed E-state index contributed by atoms with van der Waals surface area (Å²) >= 11 is 0. The molecule has 0 saturated heterocycles. The number of aromatic nitrogens is 4. The number of benzene rings is 1. The van der Waals surface area contributed by atoms with Crippen LogP contribution in [0, 0.1) is 0 Å². The van der Waals surface area contributed by atoms with Gasteiger partial charge in [0.25, 0.3) is 5.56 Å². The molecule has 0 aliphatic heterocycles. The number of fused-ring (bicyclic) bond motifs is 1. The Hall–Kier alpha value is -3.36. The van der Waals surface area contributed by atoms with E-state index < -0.39 is 23.3 Å². The first-order valence-electron chi connectivity index (χ1n) is 10.5. The number of ether oxygens (including phenoxy) is 2. The van der Waals surface area contributed by atoms with E-state index in [0.717, 1.165) is 25.7 Å². The van der Waals surface area contributed by atoms with Gasteiger partial charge >= 0.3 is 11.7 Å². The number of para-hydroxylation sites is 2. The molecule has 2 aromatic heterocycles. The normalized spacial score (nSPS) is 15.3. The molecule has 3 aromatic rings. The molecule has 1 aliphatic rings. The Morgan fingerprint density at radius 3 is 2.61 bits per heavy atom. The summed E-state index contributed by atoms with van der Waals surface area (Å²) in [5, 5.41) is 0. The fraction of sp³-hybridized carbons (Fsp3) is 0.455. The van der Waals surface area contributed by atoms with Gasteiger partial charge in [0.15, 0.2) is 11.2 Å². The number of nitrogens with zero attached hydrogens (tertiary/aromatic N) is 4. The molecule has 0 N–H and O–H groups in total. The first-order valence-corrected chi connectivity index (χ1v) is 10.5. The van der Waals surface area contributed by atoms with Crippen LogP contribution in [0.25, 0.3) is 16.9 Å². The van der Waals surface area contributed by atoms with Crippen molar-refractivity contribution in [1.29, 1.82) is 0 Å². The summed E-state index contributed by atoms with van der Waals surface area (Å²) in [4.78, 5) is 43.9. The number of methoxy groups -OCH3 is 1. The number of hydrogen-bond acceptors (Lipinski definition) is 6. The summed E-state index contributed by atoms with van der Waals surface area (Å²) in [5.74, 6) is 0.0131. The zero-order valence-electron chi connectivity index (χ0n) is 17.9. The van der Waals surface area contributed by atoms with Gasteiger partial charge in [-0.05, 0) is 38.8 Å². The Morgan fingerprint density at radius 2 is 1.94 bits per heavy atom. The number of imidazole rings is 1. The van der Waals surface area contributed by atoms with E-state index in [4.69, 9.17) is 9.47 Å². The highest BCUT2D eigenvalue weighted by Gasteiger charge is 2.29. The van der Waals surface area contributed by atoms with Gasteiger partial charge in [-0.2, -0.15) is 0 Å². The van der Waals surface area contributed by atoms with Crippen LogP contribution >= 0.6 is 0 Å². The summed E-state index contributed by atoms with van der Waals surface area (Å²) in [6.07, 6.45) is 4.85. The summed E-state index contributed by atoms with van der Waals surface area (Å²) in [6.45, 7) is 3.61. The average molecular weight is 426 g/mol. The van der Waals surface area contributed by atoms with Crippen molar-refractivity contribution in [2.24, 2.45) is 0 Å². The molecule has 9 nitrogen and oxygen atoms in total. The van der Waals surface area contributed by atoms with Crippen molar-refractivity contribution < 1.29 is 14.3 Å². The minimum atomic E-state index is -0.765. The molecule has 1 saturated carbocycles. The summed E-state index contributed by atoms with van der Waals surface area (Å²) < 4.78 is 14.8. The lowest BCUT2D eigenvalue weighted by molar-refractivity contribution is -0.146. The number of carbonyl (C=O) groups is 1. The van der Waals surface area contributed by atoms with Gasteiger partial charge < -0.3 is 14.0 Å². The first-order chi connectivity index (χ1) is 15.0. The van der Waals surface area contributed by atoms with E-state index in [-0.39, 0.29) is 23.8 Å². The van der Waals surface area contributed by atoms with E-state index in [1.165, 1.54) is 27.1 Å². The number of hydrogen-bond donors (Lipinski definition) is 0. The SMILES string of the molecule is CCOC(=O)C(C)n1cnc2c1c(=O)n(C1CCCC1)c(=O)n2-c1ccccc1OC. The molecule has 0 spiro atoms. The second-order valence-corrected chi connectivity index (χ2v) is 7.66. The Balaban J connectivity index is 2.07. The topological polar surface area (TPSA) is 97.4 Å². The van der Waals surface area contributed by atoms with Gasteiger partial charge in [0, 0.05) is 6.04 Å². The highest BCUT2D eigenvalue weighted by molar-refractivity contribution is 5.79. The van der Waals surface area contributed by atoms with Crippen molar-refractivity contribution in [2.45, 2.75) is 51.6 Å². The molecule has 0 radical (unpaired) electrons. The molecule has 0 amide bonds. The van der Waals surface area contributed by atoms with Crippen molar-refractivity contribution in [2.75, 3.05) is 13.7 Å². The van der Waals surface area contributed by atoms with Crippen molar-refractivity contribution in [1.82, 2.24) is 18.7 Å². The first kappa shape index (κ1) is 20.9. The van der Waals surface area contributed by atoms with Crippen LogP contribution in [-0.2, 0) is 9.53 Å². The van der Waals surface area contributed by atoms with E-state index in [0.29, 0.717) is 11.4 Å². The smallest absolute Gasteiger partial charge is 0.337 e. The van der Waals surface area contributed by atoms with Crippen molar-refractivity contribution >= 4 is 17.1 Å². The molecule has 1 unspecified atom stereocenters. The molecule has 1 aromatic carbocycles. The minimum absolute atomic E-state index is 0.185. The number of esters is 1. The van der Waals surface area contributed by atoms with Crippen LogP contribution in [0.2, 0.25) is 0 Å². The molecule has 164 valence electrons. The van der Waals surface area contributed by atoms with E-state index in [9.17, 15) is 14.4 Å². The second-order valence-electron chi connectivity index (χ2n) is 7.66. The monoisotopic (exact) mass is 426 g/mol. The lowest BCUT2D eigenvalue weighted by Gasteiger charge is -2.19. The molecule has 4 rings (SSSR count). The van der Waals surface area contributed by atoms with Crippen LogP contribution in [0.1, 0.15) is 51.6 Å². The van der Waals surface area contributed by atoms with Crippen LogP contribution < -0.4 is 16.0 Å². The van der Waals surface area contributed by atoms with Crippen molar-refractivity contribution in [3.05, 3.63) is 51.4 Å². The van der Waals surface area contributed by atoms with Crippen molar-refractivity contribution in [3.63, 3.8) is 0 Å². The molecule has 9 heteroatoms. The van der Waals surface area contributed by atoms with Crippen LogP contribution in [0.4, 0.5) is 0 Å². The predicted molar refractivity (Wildman–Crippen MR) is 115 cm³/mol. The largest absolute Gasteiger partial charge is 0.495 e. The van der Waals surface area contributed by atoms with Gasteiger partial charge in [0.2, 0.25) is 0 Å². The Kier molecular flexibility index (Phi) is 5.67. The Morgan fingerprint density at radius 1 is 1.23 bits per heavy atom. The number of carbonyl (C=O) groups excluding carboxylic acids is 1. The maximum absolute atomic E-state index is 13.6. The lowest BCUT2D eigenvalue weighted by Crippen LogP contribution is -2.42. The molecule has 1 aliphatic carbocycles. The third-order valence-electron chi connectivity index (χ3n) is 5.87. The lowest BCUT2D eigenvalue weighted by atomic mass is 10.2. The Bertz CT molecular complexity index is 1230. The molecular formula is C22H26N4O5. The van der Waals surface area contributed by atoms with Gasteiger partial charge in [0.1, 0.15) is 11.8 Å². The van der Waals surface area contributed by atoms with Gasteiger partial charge in [0.05, 0.1) is 25.7 Å².